The highest BCUT2D eigenvalue weighted by atomic mass is 79.9. The molecule has 0 saturated heterocycles. The molecule has 2 aromatic heterocycles. The van der Waals surface area contributed by atoms with Crippen molar-refractivity contribution in [3.63, 3.8) is 0 Å². The molecule has 5 heteroatoms. The number of carbonyl (C=O) groups is 1. The summed E-state index contributed by atoms with van der Waals surface area (Å²) < 4.78 is 5.30. The van der Waals surface area contributed by atoms with Crippen molar-refractivity contribution in [2.24, 2.45) is 0 Å². The van der Waals surface area contributed by atoms with Crippen molar-refractivity contribution in [3.05, 3.63) is 67.7 Å². The van der Waals surface area contributed by atoms with Crippen LogP contribution < -0.4 is 5.63 Å². The van der Waals surface area contributed by atoms with E-state index in [1.165, 1.54) is 0 Å². The number of rotatable bonds is 3. The third-order valence-electron chi connectivity index (χ3n) is 3.48. The minimum atomic E-state index is -0.707. The van der Waals surface area contributed by atoms with Gasteiger partial charge in [-0.05, 0) is 32.0 Å². The minimum Gasteiger partial charge on any atom is -0.422 e. The van der Waals surface area contributed by atoms with E-state index in [1.54, 1.807) is 29.5 Å². The van der Waals surface area contributed by atoms with Crippen molar-refractivity contribution in [1.82, 2.24) is 0 Å². The standard InChI is InChI=1S/C17H13BrO3S/c1-9-7-12(10(2)22-9)16(19)15(18)13-8-11-5-3-4-6-14(11)21-17(13)20/h3-8,15H,1-2H3. The summed E-state index contributed by atoms with van der Waals surface area (Å²) in [6.07, 6.45) is 0. The first-order valence-corrected chi connectivity index (χ1v) is 8.48. The number of halogens is 1. The summed E-state index contributed by atoms with van der Waals surface area (Å²) >= 11 is 4.94. The lowest BCUT2D eigenvalue weighted by Gasteiger charge is -2.08. The lowest BCUT2D eigenvalue weighted by Crippen LogP contribution is -2.16. The predicted octanol–water partition coefficient (Wildman–Crippen LogP) is 4.79. The Hall–Kier alpha value is -1.72. The molecule has 0 N–H and O–H groups in total. The summed E-state index contributed by atoms with van der Waals surface area (Å²) in [5, 5.41) is 0.799. The van der Waals surface area contributed by atoms with Crippen LogP contribution in [0.1, 0.15) is 30.5 Å². The van der Waals surface area contributed by atoms with Crippen LogP contribution in [0.3, 0.4) is 0 Å². The third kappa shape index (κ3) is 2.66. The fraction of sp³-hybridized carbons (Fsp3) is 0.176. The average molecular weight is 377 g/mol. The number of ketones is 1. The van der Waals surface area contributed by atoms with Crippen LogP contribution in [-0.4, -0.2) is 5.78 Å². The van der Waals surface area contributed by atoms with Crippen molar-refractivity contribution in [2.75, 3.05) is 0 Å². The first-order chi connectivity index (χ1) is 10.5. The van der Waals surface area contributed by atoms with Crippen LogP contribution in [0.5, 0.6) is 0 Å². The maximum atomic E-state index is 12.6. The summed E-state index contributed by atoms with van der Waals surface area (Å²) in [5.74, 6) is -0.121. The molecule has 2 heterocycles. The Bertz CT molecular complexity index is 923. The zero-order valence-corrected chi connectivity index (χ0v) is 14.5. The molecule has 1 atom stereocenters. The summed E-state index contributed by atoms with van der Waals surface area (Å²) in [6, 6.07) is 10.8. The Morgan fingerprint density at radius 2 is 1.95 bits per heavy atom. The van der Waals surface area contributed by atoms with Crippen LogP contribution in [0.4, 0.5) is 0 Å². The van der Waals surface area contributed by atoms with Gasteiger partial charge in [-0.2, -0.15) is 0 Å². The van der Waals surface area contributed by atoms with E-state index < -0.39 is 10.5 Å². The molecule has 0 saturated carbocycles. The number of aryl methyl sites for hydroxylation is 2. The molecule has 0 amide bonds. The third-order valence-corrected chi connectivity index (χ3v) is 5.35. The maximum absolute atomic E-state index is 12.6. The molecule has 0 spiro atoms. The molecule has 0 aliphatic rings. The van der Waals surface area contributed by atoms with Gasteiger partial charge in [0.05, 0.1) is 5.56 Å². The fourth-order valence-corrected chi connectivity index (χ4v) is 3.90. The van der Waals surface area contributed by atoms with Crippen molar-refractivity contribution < 1.29 is 9.21 Å². The molecule has 0 fully saturated rings. The first kappa shape index (κ1) is 15.2. The molecule has 3 nitrogen and oxygen atoms in total. The molecule has 1 unspecified atom stereocenters. The number of para-hydroxylation sites is 1. The number of Topliss-reactive ketones (excluding diaryl/α,β-unsaturated/α-hetero) is 1. The Labute approximate surface area is 139 Å². The molecule has 3 rings (SSSR count). The quantitative estimate of drug-likeness (QED) is 0.375. The molecule has 0 bridgehead atoms. The number of fused-ring (bicyclic) bond motifs is 1. The van der Waals surface area contributed by atoms with Crippen molar-refractivity contribution in [3.8, 4) is 0 Å². The van der Waals surface area contributed by atoms with E-state index in [0.29, 0.717) is 16.7 Å². The van der Waals surface area contributed by atoms with E-state index in [1.807, 2.05) is 32.0 Å². The highest BCUT2D eigenvalue weighted by molar-refractivity contribution is 9.09. The largest absolute Gasteiger partial charge is 0.422 e. The second-order valence-corrected chi connectivity index (χ2v) is 7.46. The van der Waals surface area contributed by atoms with E-state index in [9.17, 15) is 9.59 Å². The van der Waals surface area contributed by atoms with Gasteiger partial charge in [-0.1, -0.05) is 34.1 Å². The molecule has 0 aliphatic heterocycles. The Morgan fingerprint density at radius 1 is 1.23 bits per heavy atom. The zero-order chi connectivity index (χ0) is 15.9. The topological polar surface area (TPSA) is 47.3 Å². The van der Waals surface area contributed by atoms with E-state index in [2.05, 4.69) is 15.9 Å². The zero-order valence-electron chi connectivity index (χ0n) is 12.1. The van der Waals surface area contributed by atoms with Gasteiger partial charge in [0.2, 0.25) is 0 Å². The number of hydrogen-bond donors (Lipinski definition) is 0. The highest BCUT2D eigenvalue weighted by Crippen LogP contribution is 2.31. The highest BCUT2D eigenvalue weighted by Gasteiger charge is 2.25. The monoisotopic (exact) mass is 376 g/mol. The van der Waals surface area contributed by atoms with E-state index in [0.717, 1.165) is 15.1 Å². The van der Waals surface area contributed by atoms with Gasteiger partial charge in [-0.15, -0.1) is 11.3 Å². The van der Waals surface area contributed by atoms with Gasteiger partial charge < -0.3 is 4.42 Å². The molecular weight excluding hydrogens is 364 g/mol. The summed E-state index contributed by atoms with van der Waals surface area (Å²) in [5.41, 5.74) is 1.01. The molecular formula is C17H13BrO3S. The number of alkyl halides is 1. The van der Waals surface area contributed by atoms with Crippen molar-refractivity contribution in [1.29, 1.82) is 0 Å². The predicted molar refractivity (Wildman–Crippen MR) is 92.3 cm³/mol. The second kappa shape index (κ2) is 5.82. The Balaban J connectivity index is 2.06. The first-order valence-electron chi connectivity index (χ1n) is 6.75. The maximum Gasteiger partial charge on any atom is 0.341 e. The average Bonchev–Trinajstić information content (AvgIpc) is 2.83. The molecule has 3 aromatic rings. The molecule has 112 valence electrons. The molecule has 0 aliphatic carbocycles. The van der Waals surface area contributed by atoms with Crippen LogP contribution in [0.25, 0.3) is 11.0 Å². The summed E-state index contributed by atoms with van der Waals surface area (Å²) in [6.45, 7) is 3.87. The smallest absolute Gasteiger partial charge is 0.341 e. The number of benzene rings is 1. The van der Waals surface area contributed by atoms with Crippen LogP contribution in [-0.2, 0) is 0 Å². The Morgan fingerprint density at radius 3 is 2.64 bits per heavy atom. The van der Waals surface area contributed by atoms with Gasteiger partial charge in [-0.25, -0.2) is 4.79 Å². The molecule has 1 aromatic carbocycles. The van der Waals surface area contributed by atoms with Gasteiger partial charge in [0.25, 0.3) is 0 Å². The fourth-order valence-electron chi connectivity index (χ4n) is 2.41. The molecule has 0 radical (unpaired) electrons. The second-order valence-electron chi connectivity index (χ2n) is 5.08. The lowest BCUT2D eigenvalue weighted by atomic mass is 10.0. The Kier molecular flexibility index (Phi) is 4.02. The van der Waals surface area contributed by atoms with Gasteiger partial charge in [0, 0.05) is 20.7 Å². The SMILES string of the molecule is Cc1cc(C(=O)C(Br)c2cc3ccccc3oc2=O)c(C)s1. The van der Waals surface area contributed by atoms with Crippen LogP contribution >= 0.6 is 27.3 Å². The van der Waals surface area contributed by atoms with Gasteiger partial charge in [-0.3, -0.25) is 4.79 Å². The van der Waals surface area contributed by atoms with Crippen LogP contribution in [0, 0.1) is 13.8 Å². The minimum absolute atomic E-state index is 0.121. The summed E-state index contributed by atoms with van der Waals surface area (Å²) in [7, 11) is 0. The number of thiophene rings is 1. The lowest BCUT2D eigenvalue weighted by molar-refractivity contribution is 0.0990. The summed E-state index contributed by atoms with van der Waals surface area (Å²) in [4.78, 5) is 26.1. The van der Waals surface area contributed by atoms with Gasteiger partial charge in [0.15, 0.2) is 5.78 Å². The van der Waals surface area contributed by atoms with E-state index in [-0.39, 0.29) is 5.78 Å². The van der Waals surface area contributed by atoms with Crippen LogP contribution in [0.2, 0.25) is 0 Å². The van der Waals surface area contributed by atoms with Crippen LogP contribution in [0.15, 0.2) is 45.6 Å². The van der Waals surface area contributed by atoms with Gasteiger partial charge >= 0.3 is 5.63 Å². The van der Waals surface area contributed by atoms with Crippen molar-refractivity contribution in [2.45, 2.75) is 18.7 Å². The van der Waals surface area contributed by atoms with E-state index >= 15 is 0 Å². The number of carbonyl (C=O) groups excluding carboxylic acids is 1. The number of hydrogen-bond acceptors (Lipinski definition) is 4. The van der Waals surface area contributed by atoms with Crippen molar-refractivity contribution >= 4 is 44.0 Å². The molecule has 22 heavy (non-hydrogen) atoms. The van der Waals surface area contributed by atoms with Gasteiger partial charge in [0.1, 0.15) is 10.4 Å². The van der Waals surface area contributed by atoms with E-state index in [4.69, 9.17) is 4.42 Å². The normalized spacial score (nSPS) is 12.5.